The standard InChI is InChI=1S/C11H12N2O5S/c14-10-7-13(5-4-12-10)19(17,18)9-3-1-2-8(6-9)11(15)16/h1-3,6H,4-5,7H2,(H,12,14)(H,15,16). The molecule has 2 rings (SSSR count). The highest BCUT2D eigenvalue weighted by molar-refractivity contribution is 7.89. The number of carbonyl (C=O) groups excluding carboxylic acids is 1. The largest absolute Gasteiger partial charge is 0.478 e. The summed E-state index contributed by atoms with van der Waals surface area (Å²) in [4.78, 5) is 21.9. The molecule has 1 saturated heterocycles. The number of carboxylic acids is 1. The summed E-state index contributed by atoms with van der Waals surface area (Å²) in [5.41, 5.74) is -0.109. The Morgan fingerprint density at radius 1 is 1.37 bits per heavy atom. The highest BCUT2D eigenvalue weighted by Gasteiger charge is 2.29. The minimum absolute atomic E-state index is 0.109. The van der Waals surface area contributed by atoms with Crippen LogP contribution in [0.1, 0.15) is 10.4 Å². The highest BCUT2D eigenvalue weighted by Crippen LogP contribution is 2.17. The van der Waals surface area contributed by atoms with Crippen molar-refractivity contribution in [2.24, 2.45) is 0 Å². The Morgan fingerprint density at radius 2 is 2.11 bits per heavy atom. The van der Waals surface area contributed by atoms with Crippen LogP contribution < -0.4 is 5.32 Å². The minimum Gasteiger partial charge on any atom is -0.478 e. The van der Waals surface area contributed by atoms with E-state index in [2.05, 4.69) is 5.32 Å². The molecule has 0 atom stereocenters. The molecule has 1 amide bonds. The first kappa shape index (κ1) is 13.5. The van der Waals surface area contributed by atoms with Gasteiger partial charge in [0.15, 0.2) is 0 Å². The molecule has 1 heterocycles. The van der Waals surface area contributed by atoms with E-state index in [1.165, 1.54) is 18.2 Å². The average Bonchev–Trinajstić information content (AvgIpc) is 2.39. The van der Waals surface area contributed by atoms with Gasteiger partial charge in [-0.2, -0.15) is 4.31 Å². The molecule has 0 spiro atoms. The van der Waals surface area contributed by atoms with Gasteiger partial charge in [0.2, 0.25) is 15.9 Å². The Bertz CT molecular complexity index is 626. The van der Waals surface area contributed by atoms with Crippen LogP contribution >= 0.6 is 0 Å². The summed E-state index contributed by atoms with van der Waals surface area (Å²) in [5, 5.41) is 11.4. The van der Waals surface area contributed by atoms with E-state index < -0.39 is 16.0 Å². The number of benzene rings is 1. The third kappa shape index (κ3) is 2.74. The highest BCUT2D eigenvalue weighted by atomic mass is 32.2. The molecule has 1 aromatic rings. The second-order valence-corrected chi connectivity index (χ2v) is 5.96. The average molecular weight is 284 g/mol. The van der Waals surface area contributed by atoms with Crippen LogP contribution in [0.2, 0.25) is 0 Å². The van der Waals surface area contributed by atoms with E-state index in [-0.39, 0.29) is 36.0 Å². The molecule has 0 unspecified atom stereocenters. The maximum atomic E-state index is 12.3. The van der Waals surface area contributed by atoms with E-state index in [0.717, 1.165) is 10.4 Å². The Morgan fingerprint density at radius 3 is 2.74 bits per heavy atom. The van der Waals surface area contributed by atoms with Crippen molar-refractivity contribution in [1.82, 2.24) is 9.62 Å². The number of hydrogen-bond donors (Lipinski definition) is 2. The van der Waals surface area contributed by atoms with Gasteiger partial charge >= 0.3 is 5.97 Å². The minimum atomic E-state index is -3.84. The first-order valence-corrected chi connectivity index (χ1v) is 6.95. The molecular weight excluding hydrogens is 272 g/mol. The Kier molecular flexibility index (Phi) is 3.54. The monoisotopic (exact) mass is 284 g/mol. The van der Waals surface area contributed by atoms with Gasteiger partial charge in [-0.3, -0.25) is 4.79 Å². The van der Waals surface area contributed by atoms with Gasteiger partial charge in [-0.1, -0.05) is 6.07 Å². The number of carbonyl (C=O) groups is 2. The van der Waals surface area contributed by atoms with E-state index in [4.69, 9.17) is 5.11 Å². The molecule has 8 heteroatoms. The lowest BCUT2D eigenvalue weighted by Gasteiger charge is -2.25. The summed E-state index contributed by atoms with van der Waals surface area (Å²) in [5.74, 6) is -1.57. The third-order valence-corrected chi connectivity index (χ3v) is 4.56. The molecule has 0 saturated carbocycles. The zero-order chi connectivity index (χ0) is 14.0. The lowest BCUT2D eigenvalue weighted by molar-refractivity contribution is -0.122. The smallest absolute Gasteiger partial charge is 0.335 e. The molecule has 0 aliphatic carbocycles. The van der Waals surface area contributed by atoms with Crippen molar-refractivity contribution in [2.45, 2.75) is 4.90 Å². The third-order valence-electron chi connectivity index (χ3n) is 2.72. The SMILES string of the molecule is O=C1CN(S(=O)(=O)c2cccc(C(=O)O)c2)CCN1. The number of hydrogen-bond acceptors (Lipinski definition) is 4. The molecule has 2 N–H and O–H groups in total. The summed E-state index contributed by atoms with van der Waals surface area (Å²) in [7, 11) is -3.84. The number of nitrogens with zero attached hydrogens (tertiary/aromatic N) is 1. The molecule has 0 bridgehead atoms. The second-order valence-electron chi connectivity index (χ2n) is 4.02. The molecule has 0 radical (unpaired) electrons. The van der Waals surface area contributed by atoms with Crippen LogP contribution in [0, 0.1) is 0 Å². The van der Waals surface area contributed by atoms with Gasteiger partial charge in [0.25, 0.3) is 0 Å². The maximum absolute atomic E-state index is 12.3. The van der Waals surface area contributed by atoms with Gasteiger partial charge < -0.3 is 10.4 Å². The van der Waals surface area contributed by atoms with Crippen LogP contribution in [0.5, 0.6) is 0 Å². The number of sulfonamides is 1. The zero-order valence-corrected chi connectivity index (χ0v) is 10.7. The first-order valence-electron chi connectivity index (χ1n) is 5.51. The predicted octanol–water partition coefficient (Wildman–Crippen LogP) is -0.495. The molecule has 102 valence electrons. The van der Waals surface area contributed by atoms with Gasteiger partial charge in [-0.15, -0.1) is 0 Å². The normalized spacial score (nSPS) is 16.9. The number of carboxylic acid groups (broad SMARTS) is 1. The van der Waals surface area contributed by atoms with Gasteiger partial charge in [-0.25, -0.2) is 13.2 Å². The lowest BCUT2D eigenvalue weighted by Crippen LogP contribution is -2.49. The van der Waals surface area contributed by atoms with Crippen molar-refractivity contribution in [3.05, 3.63) is 29.8 Å². The quantitative estimate of drug-likeness (QED) is 0.779. The first-order chi connectivity index (χ1) is 8.91. The Labute approximate surface area is 109 Å². The number of aromatic carboxylic acids is 1. The van der Waals surface area contributed by atoms with Crippen molar-refractivity contribution in [2.75, 3.05) is 19.6 Å². The van der Waals surface area contributed by atoms with Crippen molar-refractivity contribution in [3.8, 4) is 0 Å². The lowest BCUT2D eigenvalue weighted by atomic mass is 10.2. The van der Waals surface area contributed by atoms with Crippen LogP contribution in [-0.4, -0.2) is 49.3 Å². The van der Waals surface area contributed by atoms with Crippen LogP contribution in [-0.2, 0) is 14.8 Å². The van der Waals surface area contributed by atoms with Crippen LogP contribution in [0.3, 0.4) is 0 Å². The van der Waals surface area contributed by atoms with E-state index >= 15 is 0 Å². The molecule has 1 aliphatic rings. The van der Waals surface area contributed by atoms with Crippen LogP contribution in [0.15, 0.2) is 29.2 Å². The second kappa shape index (κ2) is 4.98. The maximum Gasteiger partial charge on any atom is 0.335 e. The molecule has 1 aromatic carbocycles. The molecular formula is C11H12N2O5S. The zero-order valence-electron chi connectivity index (χ0n) is 9.87. The molecule has 1 aliphatic heterocycles. The summed E-state index contributed by atoms with van der Waals surface area (Å²) < 4.78 is 25.6. The number of amides is 1. The number of rotatable bonds is 3. The summed E-state index contributed by atoms with van der Waals surface area (Å²) >= 11 is 0. The van der Waals surface area contributed by atoms with Crippen molar-refractivity contribution in [3.63, 3.8) is 0 Å². The molecule has 0 aromatic heterocycles. The van der Waals surface area contributed by atoms with Crippen molar-refractivity contribution in [1.29, 1.82) is 0 Å². The fourth-order valence-corrected chi connectivity index (χ4v) is 3.20. The van der Waals surface area contributed by atoms with E-state index in [1.54, 1.807) is 0 Å². The summed E-state index contributed by atoms with van der Waals surface area (Å²) in [6.45, 7) is 0.168. The molecule has 7 nitrogen and oxygen atoms in total. The van der Waals surface area contributed by atoms with Crippen LogP contribution in [0.4, 0.5) is 0 Å². The van der Waals surface area contributed by atoms with Gasteiger partial charge in [0.1, 0.15) is 0 Å². The van der Waals surface area contributed by atoms with Gasteiger partial charge in [0, 0.05) is 13.1 Å². The van der Waals surface area contributed by atoms with Crippen molar-refractivity contribution >= 4 is 21.9 Å². The van der Waals surface area contributed by atoms with Crippen LogP contribution in [0.25, 0.3) is 0 Å². The summed E-state index contributed by atoms with van der Waals surface area (Å²) in [6.07, 6.45) is 0. The van der Waals surface area contributed by atoms with Gasteiger partial charge in [-0.05, 0) is 18.2 Å². The fraction of sp³-hybridized carbons (Fsp3) is 0.273. The molecule has 1 fully saturated rings. The van der Waals surface area contributed by atoms with Gasteiger partial charge in [0.05, 0.1) is 17.0 Å². The summed E-state index contributed by atoms with van der Waals surface area (Å²) in [6, 6.07) is 5.07. The van der Waals surface area contributed by atoms with E-state index in [0.29, 0.717) is 0 Å². The fourth-order valence-electron chi connectivity index (χ4n) is 1.76. The predicted molar refractivity (Wildman–Crippen MR) is 65.2 cm³/mol. The number of piperazine rings is 1. The van der Waals surface area contributed by atoms with Crippen molar-refractivity contribution < 1.29 is 23.1 Å². The topological polar surface area (TPSA) is 104 Å². The van der Waals surface area contributed by atoms with E-state index in [1.807, 2.05) is 0 Å². The number of nitrogens with one attached hydrogen (secondary N) is 1. The Balaban J connectivity index is 2.36. The Hall–Kier alpha value is -1.93. The van der Waals surface area contributed by atoms with E-state index in [9.17, 15) is 18.0 Å². The molecule has 19 heavy (non-hydrogen) atoms.